The Morgan fingerprint density at radius 3 is 2.88 bits per heavy atom. The van der Waals surface area contributed by atoms with Crippen LogP contribution in [0.15, 0.2) is 24.3 Å². The molecular weight excluding hydrogens is 238 g/mol. The van der Waals surface area contributed by atoms with Crippen molar-refractivity contribution in [1.29, 1.82) is 0 Å². The number of piperidine rings is 1. The third-order valence-electron chi connectivity index (χ3n) is 3.18. The van der Waals surface area contributed by atoms with Gasteiger partial charge in [0, 0.05) is 23.7 Å². The molecule has 1 aromatic carbocycles. The second-order valence-corrected chi connectivity index (χ2v) is 5.00. The Balaban J connectivity index is 1.97. The van der Waals surface area contributed by atoms with Crippen molar-refractivity contribution in [3.63, 3.8) is 0 Å². The fourth-order valence-electron chi connectivity index (χ4n) is 2.29. The topological polar surface area (TPSA) is 43.7 Å². The van der Waals surface area contributed by atoms with Crippen LogP contribution in [-0.2, 0) is 0 Å². The van der Waals surface area contributed by atoms with Gasteiger partial charge in [0.2, 0.25) is 0 Å². The average Bonchev–Trinajstić information content (AvgIpc) is 2.29. The molecule has 3 nitrogen and oxygen atoms in total. The molecule has 0 saturated carbocycles. The summed E-state index contributed by atoms with van der Waals surface area (Å²) in [6.45, 7) is 2.10. The summed E-state index contributed by atoms with van der Waals surface area (Å²) >= 11 is 6.04. The fourth-order valence-corrected chi connectivity index (χ4v) is 2.55. The average molecular weight is 256 g/mol. The largest absolute Gasteiger partial charge is 0.392 e. The van der Waals surface area contributed by atoms with E-state index in [4.69, 9.17) is 11.6 Å². The van der Waals surface area contributed by atoms with Crippen LogP contribution in [0.3, 0.4) is 0 Å². The molecule has 1 heterocycles. The fraction of sp³-hybridized carbons (Fsp3) is 0.538. The Morgan fingerprint density at radius 1 is 1.41 bits per heavy atom. The third-order valence-corrected chi connectivity index (χ3v) is 3.52. The van der Waals surface area contributed by atoms with Crippen molar-refractivity contribution in [3.05, 3.63) is 34.9 Å². The predicted molar refractivity (Wildman–Crippen MR) is 68.1 cm³/mol. The maximum Gasteiger partial charge on any atom is 0.0931 e. The number of aliphatic hydroxyl groups is 2. The van der Waals surface area contributed by atoms with Crippen molar-refractivity contribution in [1.82, 2.24) is 4.90 Å². The van der Waals surface area contributed by atoms with Crippen LogP contribution in [0.25, 0.3) is 0 Å². The van der Waals surface area contributed by atoms with Gasteiger partial charge in [-0.15, -0.1) is 0 Å². The number of β-amino-alcohol motifs (C(OH)–C–C–N with tert-alkyl or cyclic N) is 2. The predicted octanol–water partition coefficient (Wildman–Crippen LogP) is 1.83. The van der Waals surface area contributed by atoms with Crippen LogP contribution < -0.4 is 0 Å². The number of hydrogen-bond acceptors (Lipinski definition) is 3. The van der Waals surface area contributed by atoms with Gasteiger partial charge in [0.25, 0.3) is 0 Å². The number of rotatable bonds is 3. The van der Waals surface area contributed by atoms with Crippen LogP contribution in [0.2, 0.25) is 5.02 Å². The normalized spacial score (nSPS) is 23.6. The second-order valence-electron chi connectivity index (χ2n) is 4.59. The van der Waals surface area contributed by atoms with Gasteiger partial charge in [-0.25, -0.2) is 0 Å². The monoisotopic (exact) mass is 255 g/mol. The van der Waals surface area contributed by atoms with E-state index >= 15 is 0 Å². The maximum absolute atomic E-state index is 10.1. The first-order valence-electron chi connectivity index (χ1n) is 5.99. The first kappa shape index (κ1) is 12.8. The molecule has 1 aliphatic rings. The van der Waals surface area contributed by atoms with Crippen molar-refractivity contribution in [3.8, 4) is 0 Å². The van der Waals surface area contributed by atoms with E-state index < -0.39 is 6.10 Å². The molecule has 0 radical (unpaired) electrons. The van der Waals surface area contributed by atoms with E-state index in [1.54, 1.807) is 6.07 Å². The smallest absolute Gasteiger partial charge is 0.0931 e. The molecule has 17 heavy (non-hydrogen) atoms. The quantitative estimate of drug-likeness (QED) is 0.866. The molecule has 2 rings (SSSR count). The van der Waals surface area contributed by atoms with Gasteiger partial charge in [0.1, 0.15) is 0 Å². The summed E-state index contributed by atoms with van der Waals surface area (Å²) in [5.74, 6) is 0. The van der Waals surface area contributed by atoms with Gasteiger partial charge in [-0.3, -0.25) is 4.90 Å². The zero-order valence-electron chi connectivity index (χ0n) is 9.72. The molecule has 0 amide bonds. The van der Waals surface area contributed by atoms with E-state index in [0.29, 0.717) is 18.1 Å². The molecule has 1 aliphatic heterocycles. The first-order chi connectivity index (χ1) is 8.16. The Kier molecular flexibility index (Phi) is 4.40. The van der Waals surface area contributed by atoms with Gasteiger partial charge >= 0.3 is 0 Å². The number of aliphatic hydroxyl groups excluding tert-OH is 2. The Bertz CT molecular complexity index is 372. The minimum Gasteiger partial charge on any atom is -0.392 e. The highest BCUT2D eigenvalue weighted by molar-refractivity contribution is 6.31. The van der Waals surface area contributed by atoms with Gasteiger partial charge in [-0.05, 0) is 25.5 Å². The molecule has 0 aromatic heterocycles. The molecule has 1 fully saturated rings. The summed E-state index contributed by atoms with van der Waals surface area (Å²) in [5, 5.41) is 20.3. The lowest BCUT2D eigenvalue weighted by Crippen LogP contribution is -2.40. The molecule has 0 bridgehead atoms. The van der Waals surface area contributed by atoms with E-state index in [0.717, 1.165) is 24.9 Å². The lowest BCUT2D eigenvalue weighted by atomic mass is 10.1. The summed E-state index contributed by atoms with van der Waals surface area (Å²) < 4.78 is 0. The van der Waals surface area contributed by atoms with Gasteiger partial charge in [-0.1, -0.05) is 29.8 Å². The van der Waals surface area contributed by atoms with Crippen LogP contribution in [0.4, 0.5) is 0 Å². The molecule has 94 valence electrons. The SMILES string of the molecule is O[C@@H]1CCCN(C[C@H](O)c2ccccc2Cl)C1. The van der Waals surface area contributed by atoms with E-state index in [9.17, 15) is 10.2 Å². The molecule has 2 N–H and O–H groups in total. The van der Waals surface area contributed by atoms with Crippen molar-refractivity contribution >= 4 is 11.6 Å². The standard InChI is InChI=1S/C13H18ClNO2/c14-12-6-2-1-5-11(12)13(17)9-15-7-3-4-10(16)8-15/h1-2,5-6,10,13,16-17H,3-4,7-9H2/t10-,13+/m1/s1. The molecule has 0 aliphatic carbocycles. The number of hydrogen-bond donors (Lipinski definition) is 2. The zero-order valence-corrected chi connectivity index (χ0v) is 10.5. The molecule has 4 heteroatoms. The minimum atomic E-state index is -0.589. The van der Waals surface area contributed by atoms with Crippen molar-refractivity contribution in [2.45, 2.75) is 25.0 Å². The van der Waals surface area contributed by atoms with Crippen molar-refractivity contribution in [2.24, 2.45) is 0 Å². The van der Waals surface area contributed by atoms with Gasteiger partial charge in [0.15, 0.2) is 0 Å². The van der Waals surface area contributed by atoms with Crippen LogP contribution in [0, 0.1) is 0 Å². The minimum absolute atomic E-state index is 0.262. The van der Waals surface area contributed by atoms with E-state index in [1.165, 1.54) is 0 Å². The first-order valence-corrected chi connectivity index (χ1v) is 6.37. The third kappa shape index (κ3) is 3.42. The lowest BCUT2D eigenvalue weighted by Gasteiger charge is -2.31. The number of likely N-dealkylation sites (tertiary alicyclic amines) is 1. The second kappa shape index (κ2) is 5.83. The summed E-state index contributed by atoms with van der Waals surface area (Å²) in [6, 6.07) is 7.34. The van der Waals surface area contributed by atoms with Crippen LogP contribution >= 0.6 is 11.6 Å². The molecular formula is C13H18ClNO2. The molecule has 1 saturated heterocycles. The van der Waals surface area contributed by atoms with Gasteiger partial charge < -0.3 is 10.2 Å². The van der Waals surface area contributed by atoms with E-state index in [-0.39, 0.29) is 6.10 Å². The Hall–Kier alpha value is -0.610. The van der Waals surface area contributed by atoms with Crippen LogP contribution in [0.1, 0.15) is 24.5 Å². The number of benzene rings is 1. The molecule has 2 atom stereocenters. The Morgan fingerprint density at radius 2 is 2.18 bits per heavy atom. The highest BCUT2D eigenvalue weighted by Crippen LogP contribution is 2.24. The summed E-state index contributed by atoms with van der Waals surface area (Å²) in [4.78, 5) is 2.09. The van der Waals surface area contributed by atoms with Gasteiger partial charge in [-0.2, -0.15) is 0 Å². The van der Waals surface area contributed by atoms with E-state index in [1.807, 2.05) is 18.2 Å². The molecule has 0 spiro atoms. The summed E-state index contributed by atoms with van der Waals surface area (Å²) in [5.41, 5.74) is 0.759. The molecule has 1 aromatic rings. The highest BCUT2D eigenvalue weighted by Gasteiger charge is 2.21. The van der Waals surface area contributed by atoms with Crippen LogP contribution in [0.5, 0.6) is 0 Å². The molecule has 0 unspecified atom stereocenters. The van der Waals surface area contributed by atoms with Gasteiger partial charge in [0.05, 0.1) is 12.2 Å². The number of halogens is 1. The highest BCUT2D eigenvalue weighted by atomic mass is 35.5. The zero-order chi connectivity index (χ0) is 12.3. The van der Waals surface area contributed by atoms with E-state index in [2.05, 4.69) is 4.90 Å². The Labute approximate surface area is 107 Å². The lowest BCUT2D eigenvalue weighted by molar-refractivity contribution is 0.0392. The van der Waals surface area contributed by atoms with Crippen molar-refractivity contribution in [2.75, 3.05) is 19.6 Å². The number of nitrogens with zero attached hydrogens (tertiary/aromatic N) is 1. The summed E-state index contributed by atoms with van der Waals surface area (Å²) in [7, 11) is 0. The van der Waals surface area contributed by atoms with Crippen LogP contribution in [-0.4, -0.2) is 40.9 Å². The summed E-state index contributed by atoms with van der Waals surface area (Å²) in [6.07, 6.45) is 0.992. The maximum atomic E-state index is 10.1. The van der Waals surface area contributed by atoms with Crippen molar-refractivity contribution < 1.29 is 10.2 Å².